The number of halogens is 1. The number of benzene rings is 2. The zero-order chi connectivity index (χ0) is 14.7. The fourth-order valence-corrected chi connectivity index (χ4v) is 1.91. The third-order valence-corrected chi connectivity index (χ3v) is 3.08. The van der Waals surface area contributed by atoms with Crippen molar-refractivity contribution in [2.24, 2.45) is 0 Å². The number of hydrogen-bond donors (Lipinski definition) is 1. The molecule has 4 heteroatoms. The van der Waals surface area contributed by atoms with Crippen molar-refractivity contribution in [1.82, 2.24) is 0 Å². The van der Waals surface area contributed by atoms with Crippen LogP contribution in [0.1, 0.15) is 22.0 Å². The molecule has 2 aromatic rings. The van der Waals surface area contributed by atoms with Crippen LogP contribution >= 0.6 is 0 Å². The van der Waals surface area contributed by atoms with Gasteiger partial charge in [-0.2, -0.15) is 0 Å². The molecule has 1 unspecified atom stereocenters. The van der Waals surface area contributed by atoms with Gasteiger partial charge in [0.15, 0.2) is 5.78 Å². The third kappa shape index (κ3) is 3.03. The van der Waals surface area contributed by atoms with Gasteiger partial charge in [0.05, 0.1) is 0 Å². The highest BCUT2D eigenvalue weighted by atomic mass is 19.1. The highest BCUT2D eigenvalue weighted by Gasteiger charge is 2.19. The Morgan fingerprint density at radius 1 is 1.15 bits per heavy atom. The largest absolute Gasteiger partial charge is 0.380 e. The van der Waals surface area contributed by atoms with E-state index in [0.29, 0.717) is 5.56 Å². The first kappa shape index (κ1) is 14.2. The summed E-state index contributed by atoms with van der Waals surface area (Å²) < 4.78 is 13.1. The van der Waals surface area contributed by atoms with E-state index in [1.807, 2.05) is 31.1 Å². The number of aliphatic hydroxyl groups is 1. The van der Waals surface area contributed by atoms with Crippen LogP contribution in [-0.4, -0.2) is 25.0 Å². The SMILES string of the molecule is CN(C)c1ccc(C(O)C(=O)c2cccc(F)c2)cc1. The van der Waals surface area contributed by atoms with Gasteiger partial charge >= 0.3 is 0 Å². The van der Waals surface area contributed by atoms with Crippen LogP contribution in [0.2, 0.25) is 0 Å². The van der Waals surface area contributed by atoms with Crippen molar-refractivity contribution in [2.75, 3.05) is 19.0 Å². The molecule has 0 aliphatic heterocycles. The van der Waals surface area contributed by atoms with Gasteiger partial charge in [0.1, 0.15) is 11.9 Å². The highest BCUT2D eigenvalue weighted by Crippen LogP contribution is 2.21. The Hall–Kier alpha value is -2.20. The molecule has 2 rings (SSSR count). The molecule has 0 aliphatic rings. The molecule has 0 radical (unpaired) electrons. The summed E-state index contributed by atoms with van der Waals surface area (Å²) in [5, 5.41) is 10.1. The molecule has 0 heterocycles. The minimum absolute atomic E-state index is 0.161. The summed E-state index contributed by atoms with van der Waals surface area (Å²) in [6.45, 7) is 0. The third-order valence-electron chi connectivity index (χ3n) is 3.08. The molecule has 0 saturated heterocycles. The summed E-state index contributed by atoms with van der Waals surface area (Å²) in [7, 11) is 3.81. The Bertz CT molecular complexity index is 608. The van der Waals surface area contributed by atoms with E-state index in [4.69, 9.17) is 0 Å². The van der Waals surface area contributed by atoms with Gasteiger partial charge in [-0.05, 0) is 29.8 Å². The van der Waals surface area contributed by atoms with Gasteiger partial charge in [-0.3, -0.25) is 4.79 Å². The van der Waals surface area contributed by atoms with E-state index < -0.39 is 17.7 Å². The van der Waals surface area contributed by atoms with Gasteiger partial charge in [0.25, 0.3) is 0 Å². The normalized spacial score (nSPS) is 12.0. The van der Waals surface area contributed by atoms with Crippen LogP contribution in [0.4, 0.5) is 10.1 Å². The van der Waals surface area contributed by atoms with Crippen LogP contribution in [0, 0.1) is 5.82 Å². The Morgan fingerprint density at radius 2 is 1.80 bits per heavy atom. The quantitative estimate of drug-likeness (QED) is 0.871. The van der Waals surface area contributed by atoms with Crippen LogP contribution in [-0.2, 0) is 0 Å². The molecular weight excluding hydrogens is 257 g/mol. The molecule has 0 saturated carbocycles. The van der Waals surface area contributed by atoms with Crippen LogP contribution in [0.25, 0.3) is 0 Å². The van der Waals surface area contributed by atoms with Crippen molar-refractivity contribution in [1.29, 1.82) is 0 Å². The first-order valence-electron chi connectivity index (χ1n) is 6.24. The molecule has 2 aromatic carbocycles. The van der Waals surface area contributed by atoms with Gasteiger partial charge in [-0.25, -0.2) is 4.39 Å². The molecule has 0 aromatic heterocycles. The fourth-order valence-electron chi connectivity index (χ4n) is 1.91. The number of hydrogen-bond acceptors (Lipinski definition) is 3. The monoisotopic (exact) mass is 273 g/mol. The van der Waals surface area contributed by atoms with E-state index in [2.05, 4.69) is 0 Å². The lowest BCUT2D eigenvalue weighted by Crippen LogP contribution is -2.13. The van der Waals surface area contributed by atoms with Gasteiger partial charge < -0.3 is 10.0 Å². The maximum Gasteiger partial charge on any atom is 0.195 e. The van der Waals surface area contributed by atoms with Crippen molar-refractivity contribution in [3.63, 3.8) is 0 Å². The molecule has 0 aliphatic carbocycles. The van der Waals surface area contributed by atoms with Crippen LogP contribution < -0.4 is 4.90 Å². The molecule has 0 spiro atoms. The van der Waals surface area contributed by atoms with E-state index in [1.54, 1.807) is 12.1 Å². The van der Waals surface area contributed by atoms with E-state index in [9.17, 15) is 14.3 Å². The maximum absolute atomic E-state index is 13.1. The number of ketones is 1. The zero-order valence-corrected chi connectivity index (χ0v) is 11.4. The molecule has 0 fully saturated rings. The van der Waals surface area contributed by atoms with Crippen molar-refractivity contribution in [2.45, 2.75) is 6.10 Å². The van der Waals surface area contributed by atoms with Crippen LogP contribution in [0.3, 0.4) is 0 Å². The summed E-state index contributed by atoms with van der Waals surface area (Å²) in [6, 6.07) is 12.3. The standard InChI is InChI=1S/C16H16FNO2/c1-18(2)14-8-6-11(7-9-14)15(19)16(20)12-4-3-5-13(17)10-12/h3-10,15,19H,1-2H3. The number of nitrogens with zero attached hydrogens (tertiary/aromatic N) is 1. The lowest BCUT2D eigenvalue weighted by Gasteiger charge is -2.14. The summed E-state index contributed by atoms with van der Waals surface area (Å²) >= 11 is 0. The number of carbonyl (C=O) groups is 1. The number of aliphatic hydroxyl groups excluding tert-OH is 1. The second kappa shape index (κ2) is 5.84. The minimum atomic E-state index is -1.28. The Morgan fingerprint density at radius 3 is 2.35 bits per heavy atom. The summed E-state index contributed by atoms with van der Waals surface area (Å²) in [6.07, 6.45) is -1.28. The Labute approximate surface area is 117 Å². The molecule has 3 nitrogen and oxygen atoms in total. The average molecular weight is 273 g/mol. The van der Waals surface area contributed by atoms with Crippen LogP contribution in [0.5, 0.6) is 0 Å². The summed E-state index contributed by atoms with van der Waals surface area (Å²) in [5.41, 5.74) is 1.62. The number of carbonyl (C=O) groups excluding carboxylic acids is 1. The lowest BCUT2D eigenvalue weighted by molar-refractivity contribution is 0.0747. The molecule has 1 N–H and O–H groups in total. The Balaban J connectivity index is 2.22. The van der Waals surface area contributed by atoms with Gasteiger partial charge in [-0.1, -0.05) is 24.3 Å². The second-order valence-corrected chi connectivity index (χ2v) is 4.76. The topological polar surface area (TPSA) is 40.5 Å². The molecule has 0 amide bonds. The minimum Gasteiger partial charge on any atom is -0.380 e. The smallest absolute Gasteiger partial charge is 0.195 e. The predicted molar refractivity (Wildman–Crippen MR) is 76.5 cm³/mol. The second-order valence-electron chi connectivity index (χ2n) is 4.76. The zero-order valence-electron chi connectivity index (χ0n) is 11.4. The van der Waals surface area contributed by atoms with E-state index in [0.717, 1.165) is 11.8 Å². The van der Waals surface area contributed by atoms with Crippen molar-refractivity contribution in [3.05, 3.63) is 65.5 Å². The summed E-state index contributed by atoms with van der Waals surface area (Å²) in [4.78, 5) is 14.0. The molecular formula is C16H16FNO2. The van der Waals surface area contributed by atoms with Crippen molar-refractivity contribution in [3.8, 4) is 0 Å². The molecule has 20 heavy (non-hydrogen) atoms. The first-order valence-corrected chi connectivity index (χ1v) is 6.24. The number of rotatable bonds is 4. The average Bonchev–Trinajstić information content (AvgIpc) is 2.46. The van der Waals surface area contributed by atoms with Crippen molar-refractivity contribution < 1.29 is 14.3 Å². The van der Waals surface area contributed by atoms with Crippen molar-refractivity contribution >= 4 is 11.5 Å². The predicted octanol–water partition coefficient (Wildman–Crippen LogP) is 2.81. The first-order chi connectivity index (χ1) is 9.49. The fraction of sp³-hybridized carbons (Fsp3) is 0.188. The number of Topliss-reactive ketones (excluding diaryl/α,β-unsaturated/α-hetero) is 1. The van der Waals surface area contributed by atoms with Gasteiger partial charge in [-0.15, -0.1) is 0 Å². The molecule has 1 atom stereocenters. The van der Waals surface area contributed by atoms with Crippen LogP contribution in [0.15, 0.2) is 48.5 Å². The lowest BCUT2D eigenvalue weighted by atomic mass is 9.99. The molecule has 104 valence electrons. The maximum atomic E-state index is 13.1. The number of anilines is 1. The molecule has 0 bridgehead atoms. The van der Waals surface area contributed by atoms with E-state index in [-0.39, 0.29) is 5.56 Å². The Kier molecular flexibility index (Phi) is 4.15. The highest BCUT2D eigenvalue weighted by molar-refractivity contribution is 5.99. The van der Waals surface area contributed by atoms with E-state index >= 15 is 0 Å². The summed E-state index contributed by atoms with van der Waals surface area (Å²) in [5.74, 6) is -1.01. The van der Waals surface area contributed by atoms with Gasteiger partial charge in [0.2, 0.25) is 0 Å². The van der Waals surface area contributed by atoms with Gasteiger partial charge in [0, 0.05) is 25.3 Å². The van der Waals surface area contributed by atoms with E-state index in [1.165, 1.54) is 18.2 Å².